The number of benzene rings is 3. The first-order chi connectivity index (χ1) is 23.7. The second kappa shape index (κ2) is 17.0. The molecule has 1 aromatic heterocycles. The Balaban J connectivity index is 1.11. The van der Waals surface area contributed by atoms with Gasteiger partial charge in [0, 0.05) is 24.5 Å². The predicted molar refractivity (Wildman–Crippen MR) is 181 cm³/mol. The Morgan fingerprint density at radius 3 is 2.33 bits per heavy atom. The Bertz CT molecular complexity index is 1820. The molecular weight excluding hydrogens is 655 g/mol. The molecule has 1 heterocycles. The second-order valence-electron chi connectivity index (χ2n) is 11.5. The molecule has 262 valence electrons. The molecule has 0 radical (unpaired) electrons. The van der Waals surface area contributed by atoms with Gasteiger partial charge in [0.05, 0.1) is 51.0 Å². The molecule has 0 saturated heterocycles. The van der Waals surface area contributed by atoms with Crippen LogP contribution in [0.5, 0.6) is 0 Å². The van der Waals surface area contributed by atoms with Gasteiger partial charge in [-0.1, -0.05) is 30.3 Å². The summed E-state index contributed by atoms with van der Waals surface area (Å²) in [4.78, 5) is 25.2. The van der Waals surface area contributed by atoms with Crippen LogP contribution < -0.4 is 10.0 Å². The molecule has 1 atom stereocenters. The summed E-state index contributed by atoms with van der Waals surface area (Å²) in [6.07, 6.45) is 1.00. The van der Waals surface area contributed by atoms with Crippen molar-refractivity contribution >= 4 is 32.9 Å². The molecule has 4 aromatic rings. The van der Waals surface area contributed by atoms with E-state index in [0.29, 0.717) is 33.2 Å². The van der Waals surface area contributed by atoms with Gasteiger partial charge in [0.2, 0.25) is 10.0 Å². The molecule has 1 fully saturated rings. The topological polar surface area (TPSA) is 142 Å². The van der Waals surface area contributed by atoms with Crippen molar-refractivity contribution in [1.29, 1.82) is 0 Å². The minimum absolute atomic E-state index is 0.0705. The summed E-state index contributed by atoms with van der Waals surface area (Å²) < 4.78 is 70.4. The third-order valence-electron chi connectivity index (χ3n) is 7.93. The number of amides is 1. The summed E-state index contributed by atoms with van der Waals surface area (Å²) in [6.45, 7) is 3.11. The molecule has 0 aliphatic heterocycles. The van der Waals surface area contributed by atoms with E-state index in [1.54, 1.807) is 25.1 Å². The molecule has 5 rings (SSSR count). The van der Waals surface area contributed by atoms with Crippen molar-refractivity contribution in [3.63, 3.8) is 0 Å². The third-order valence-corrected chi connectivity index (χ3v) is 9.26. The van der Waals surface area contributed by atoms with Crippen molar-refractivity contribution in [2.24, 2.45) is 0 Å². The first-order valence-electron chi connectivity index (χ1n) is 16.2. The summed E-state index contributed by atoms with van der Waals surface area (Å²) in [5.41, 5.74) is 3.38. The number of carbonyl (C=O) groups is 2. The standard InChI is InChI=1S/C36H41FN2O9S/c1-3-46-36(41)34(25-7-5-4-6-8-25)47-20-19-45-18-17-44-16-15-39-49(42,43)23-27-21-31-30(22-29(27)24-9-10-24)32(35(40)38-2)33(48-31)26-11-13-28(37)14-12-26/h4-8,11-14,21-22,24,34,39H,3,9-10,15-20,23H2,1-2H3,(H,38,40). The van der Waals surface area contributed by atoms with Crippen molar-refractivity contribution in [3.8, 4) is 11.3 Å². The Hall–Kier alpha value is -4.14. The van der Waals surface area contributed by atoms with Crippen LogP contribution in [0.1, 0.15) is 58.8 Å². The molecule has 1 unspecified atom stereocenters. The number of nitrogens with one attached hydrogen (secondary N) is 2. The van der Waals surface area contributed by atoms with Crippen LogP contribution in [0.15, 0.2) is 71.1 Å². The van der Waals surface area contributed by atoms with E-state index in [4.69, 9.17) is 23.4 Å². The molecule has 11 nitrogen and oxygen atoms in total. The quantitative estimate of drug-likeness (QED) is 0.0993. The lowest BCUT2D eigenvalue weighted by atomic mass is 9.98. The first-order valence-corrected chi connectivity index (χ1v) is 17.9. The number of hydrogen-bond donors (Lipinski definition) is 2. The number of esters is 1. The number of furan rings is 1. The van der Waals surface area contributed by atoms with E-state index in [1.165, 1.54) is 31.3 Å². The Kier molecular flexibility index (Phi) is 12.5. The number of ether oxygens (including phenoxy) is 4. The highest BCUT2D eigenvalue weighted by atomic mass is 32.2. The lowest BCUT2D eigenvalue weighted by Gasteiger charge is -2.17. The summed E-state index contributed by atoms with van der Waals surface area (Å²) in [5.74, 6) is -1.02. The van der Waals surface area contributed by atoms with Gasteiger partial charge in [-0.3, -0.25) is 4.79 Å². The fraction of sp³-hybridized carbons (Fsp3) is 0.389. The average Bonchev–Trinajstić information content (AvgIpc) is 3.87. The highest BCUT2D eigenvalue weighted by Crippen LogP contribution is 2.45. The molecule has 0 bridgehead atoms. The van der Waals surface area contributed by atoms with Gasteiger partial charge in [0.25, 0.3) is 5.91 Å². The summed E-state index contributed by atoms with van der Waals surface area (Å²) in [7, 11) is -2.22. The molecule has 13 heteroatoms. The molecule has 1 aliphatic rings. The van der Waals surface area contributed by atoms with Gasteiger partial charge in [-0.25, -0.2) is 22.3 Å². The summed E-state index contributed by atoms with van der Waals surface area (Å²) in [6, 6.07) is 18.3. The van der Waals surface area contributed by atoms with E-state index in [-0.39, 0.29) is 69.5 Å². The fourth-order valence-corrected chi connectivity index (χ4v) is 6.63. The average molecular weight is 697 g/mol. The van der Waals surface area contributed by atoms with Crippen molar-refractivity contribution in [1.82, 2.24) is 10.0 Å². The zero-order valence-corrected chi connectivity index (χ0v) is 28.4. The van der Waals surface area contributed by atoms with Crippen LogP contribution in [0.25, 0.3) is 22.3 Å². The largest absolute Gasteiger partial charge is 0.464 e. The van der Waals surface area contributed by atoms with E-state index in [1.807, 2.05) is 24.3 Å². The van der Waals surface area contributed by atoms with Crippen molar-refractivity contribution in [3.05, 3.63) is 94.8 Å². The fourth-order valence-electron chi connectivity index (χ4n) is 5.47. The van der Waals surface area contributed by atoms with Gasteiger partial charge in [0.15, 0.2) is 6.10 Å². The van der Waals surface area contributed by atoms with Gasteiger partial charge in [-0.2, -0.15) is 0 Å². The normalized spacial score (nSPS) is 13.8. The molecule has 1 saturated carbocycles. The molecule has 3 aromatic carbocycles. The molecule has 1 amide bonds. The number of hydrogen-bond acceptors (Lipinski definition) is 9. The molecular formula is C36H41FN2O9S. The van der Waals surface area contributed by atoms with E-state index in [0.717, 1.165) is 18.4 Å². The van der Waals surface area contributed by atoms with Gasteiger partial charge in [-0.15, -0.1) is 0 Å². The summed E-state index contributed by atoms with van der Waals surface area (Å²) in [5, 5.41) is 3.22. The van der Waals surface area contributed by atoms with Crippen LogP contribution in [0.3, 0.4) is 0 Å². The van der Waals surface area contributed by atoms with Gasteiger partial charge in [-0.05, 0) is 78.8 Å². The van der Waals surface area contributed by atoms with Crippen LogP contribution >= 0.6 is 0 Å². The van der Waals surface area contributed by atoms with Crippen molar-refractivity contribution in [2.45, 2.75) is 37.5 Å². The Morgan fingerprint density at radius 2 is 1.65 bits per heavy atom. The van der Waals surface area contributed by atoms with Crippen LogP contribution in [-0.4, -0.2) is 73.5 Å². The van der Waals surface area contributed by atoms with E-state index < -0.39 is 27.9 Å². The Labute approximate surface area is 285 Å². The van der Waals surface area contributed by atoms with E-state index in [9.17, 15) is 22.4 Å². The van der Waals surface area contributed by atoms with Crippen LogP contribution in [0, 0.1) is 5.82 Å². The van der Waals surface area contributed by atoms with Crippen LogP contribution in [0.2, 0.25) is 0 Å². The van der Waals surface area contributed by atoms with Gasteiger partial charge < -0.3 is 28.7 Å². The van der Waals surface area contributed by atoms with E-state index >= 15 is 0 Å². The maximum Gasteiger partial charge on any atom is 0.339 e. The lowest BCUT2D eigenvalue weighted by Crippen LogP contribution is -2.29. The highest BCUT2D eigenvalue weighted by molar-refractivity contribution is 7.88. The Morgan fingerprint density at radius 1 is 0.959 bits per heavy atom. The van der Waals surface area contributed by atoms with Gasteiger partial charge in [0.1, 0.15) is 17.2 Å². The van der Waals surface area contributed by atoms with Crippen LogP contribution in [0.4, 0.5) is 4.39 Å². The van der Waals surface area contributed by atoms with Crippen molar-refractivity contribution < 1.29 is 45.8 Å². The molecule has 1 aliphatic carbocycles. The minimum atomic E-state index is -3.74. The maximum absolute atomic E-state index is 13.6. The van der Waals surface area contributed by atoms with Crippen LogP contribution in [-0.2, 0) is 39.5 Å². The number of carbonyl (C=O) groups excluding carboxylic acids is 2. The monoisotopic (exact) mass is 696 g/mol. The highest BCUT2D eigenvalue weighted by Gasteiger charge is 2.31. The first kappa shape index (κ1) is 36.1. The third kappa shape index (κ3) is 9.73. The van der Waals surface area contributed by atoms with Crippen molar-refractivity contribution in [2.75, 3.05) is 53.2 Å². The molecule has 2 N–H and O–H groups in total. The summed E-state index contributed by atoms with van der Waals surface area (Å²) >= 11 is 0. The maximum atomic E-state index is 13.6. The minimum Gasteiger partial charge on any atom is -0.464 e. The van der Waals surface area contributed by atoms with E-state index in [2.05, 4.69) is 10.0 Å². The van der Waals surface area contributed by atoms with Gasteiger partial charge >= 0.3 is 5.97 Å². The zero-order chi connectivity index (χ0) is 34.8. The number of halogens is 1. The zero-order valence-electron chi connectivity index (χ0n) is 27.5. The number of rotatable bonds is 19. The molecule has 0 spiro atoms. The number of sulfonamides is 1. The second-order valence-corrected chi connectivity index (χ2v) is 13.3. The lowest BCUT2D eigenvalue weighted by molar-refractivity contribution is -0.158. The SMILES string of the molecule is CCOC(=O)C(OCCOCCOCCNS(=O)(=O)Cc1cc2oc(-c3ccc(F)cc3)c(C(=O)NC)c2cc1C1CC1)c1ccccc1. The smallest absolute Gasteiger partial charge is 0.339 e. The number of fused-ring (bicyclic) bond motifs is 1. The predicted octanol–water partition coefficient (Wildman–Crippen LogP) is 5.25. The molecule has 49 heavy (non-hydrogen) atoms.